The van der Waals surface area contributed by atoms with E-state index in [9.17, 15) is 0 Å². The molecule has 0 bridgehead atoms. The number of nitrogens with one attached hydrogen (secondary N) is 1. The van der Waals surface area contributed by atoms with Gasteiger partial charge in [-0.25, -0.2) is 0 Å². The first-order chi connectivity index (χ1) is 8.33. The number of methoxy groups -OCH3 is 1. The fourth-order valence-electron chi connectivity index (χ4n) is 2.95. The molecule has 0 radical (unpaired) electrons. The Morgan fingerprint density at radius 1 is 1.24 bits per heavy atom. The van der Waals surface area contributed by atoms with Crippen molar-refractivity contribution >= 4 is 0 Å². The summed E-state index contributed by atoms with van der Waals surface area (Å²) in [6, 6.07) is 1.48. The van der Waals surface area contributed by atoms with E-state index in [4.69, 9.17) is 4.74 Å². The molecule has 102 valence electrons. The van der Waals surface area contributed by atoms with Gasteiger partial charge >= 0.3 is 0 Å². The largest absolute Gasteiger partial charge is 0.383 e. The smallest absolute Gasteiger partial charge is 0.0589 e. The molecule has 0 aliphatic carbocycles. The second-order valence-corrected chi connectivity index (χ2v) is 5.04. The van der Waals surface area contributed by atoms with Crippen molar-refractivity contribution in [3.8, 4) is 0 Å². The normalized spacial score (nSPS) is 22.1. The number of hydrogen-bond donors (Lipinski definition) is 1. The quantitative estimate of drug-likeness (QED) is 0.741. The van der Waals surface area contributed by atoms with Gasteiger partial charge in [-0.3, -0.25) is 4.90 Å². The number of rotatable bonds is 7. The predicted molar refractivity (Wildman–Crippen MR) is 73.5 cm³/mol. The van der Waals surface area contributed by atoms with Crippen LogP contribution >= 0.6 is 0 Å². The monoisotopic (exact) mass is 242 g/mol. The Bertz CT molecular complexity index is 175. The van der Waals surface area contributed by atoms with E-state index in [-0.39, 0.29) is 0 Å². The van der Waals surface area contributed by atoms with E-state index in [0.717, 1.165) is 25.2 Å². The van der Waals surface area contributed by atoms with Crippen LogP contribution in [0.4, 0.5) is 0 Å². The summed E-state index contributed by atoms with van der Waals surface area (Å²) in [7, 11) is 1.81. The minimum Gasteiger partial charge on any atom is -0.383 e. The van der Waals surface area contributed by atoms with Crippen LogP contribution in [-0.2, 0) is 4.74 Å². The first-order valence-corrected chi connectivity index (χ1v) is 7.28. The highest BCUT2D eigenvalue weighted by atomic mass is 16.5. The highest BCUT2D eigenvalue weighted by molar-refractivity contribution is 4.80. The van der Waals surface area contributed by atoms with Gasteiger partial charge in [0.15, 0.2) is 0 Å². The summed E-state index contributed by atoms with van der Waals surface area (Å²) in [6.07, 6.45) is 6.45. The van der Waals surface area contributed by atoms with E-state index in [2.05, 4.69) is 24.1 Å². The van der Waals surface area contributed by atoms with Crippen molar-refractivity contribution in [1.82, 2.24) is 10.2 Å². The van der Waals surface area contributed by atoms with E-state index < -0.39 is 0 Å². The highest BCUT2D eigenvalue weighted by Crippen LogP contribution is 2.19. The summed E-state index contributed by atoms with van der Waals surface area (Å²) in [5, 5.41) is 3.51. The standard InChI is InChI=1S/C14H30N2O/c1-4-13(5-2)16(11-12-17-3)14-7-6-9-15-10-8-14/h13-15H,4-12H2,1-3H3. The van der Waals surface area contributed by atoms with Crippen LogP contribution in [0.15, 0.2) is 0 Å². The lowest BCUT2D eigenvalue weighted by Gasteiger charge is -2.37. The average Bonchev–Trinajstić information content (AvgIpc) is 2.63. The van der Waals surface area contributed by atoms with Gasteiger partial charge < -0.3 is 10.1 Å². The first-order valence-electron chi connectivity index (χ1n) is 7.28. The zero-order chi connectivity index (χ0) is 12.5. The molecule has 0 aromatic carbocycles. The zero-order valence-electron chi connectivity index (χ0n) is 11.9. The minimum atomic E-state index is 0.730. The number of ether oxygens (including phenoxy) is 1. The molecule has 0 spiro atoms. The average molecular weight is 242 g/mol. The van der Waals surface area contributed by atoms with Gasteiger partial charge in [0.2, 0.25) is 0 Å². The fraction of sp³-hybridized carbons (Fsp3) is 1.00. The van der Waals surface area contributed by atoms with Crippen LogP contribution in [0.2, 0.25) is 0 Å². The summed E-state index contributed by atoms with van der Waals surface area (Å²) < 4.78 is 5.28. The molecule has 17 heavy (non-hydrogen) atoms. The van der Waals surface area contributed by atoms with Crippen molar-refractivity contribution in [2.24, 2.45) is 0 Å². The number of nitrogens with zero attached hydrogens (tertiary/aromatic N) is 1. The molecule has 1 fully saturated rings. The topological polar surface area (TPSA) is 24.5 Å². The van der Waals surface area contributed by atoms with Crippen LogP contribution in [-0.4, -0.2) is 50.3 Å². The van der Waals surface area contributed by atoms with Gasteiger partial charge in [0.25, 0.3) is 0 Å². The highest BCUT2D eigenvalue weighted by Gasteiger charge is 2.24. The summed E-state index contributed by atoms with van der Waals surface area (Å²) in [4.78, 5) is 2.70. The van der Waals surface area contributed by atoms with Gasteiger partial charge in [-0.1, -0.05) is 13.8 Å². The maximum absolute atomic E-state index is 5.28. The van der Waals surface area contributed by atoms with Gasteiger partial charge in [0.05, 0.1) is 6.61 Å². The second-order valence-electron chi connectivity index (χ2n) is 5.04. The Morgan fingerprint density at radius 3 is 2.65 bits per heavy atom. The van der Waals surface area contributed by atoms with Gasteiger partial charge in [0.1, 0.15) is 0 Å². The molecule has 0 amide bonds. The number of hydrogen-bond acceptors (Lipinski definition) is 3. The van der Waals surface area contributed by atoms with Crippen LogP contribution in [0.5, 0.6) is 0 Å². The Kier molecular flexibility index (Phi) is 7.82. The van der Waals surface area contributed by atoms with Crippen LogP contribution in [0.1, 0.15) is 46.0 Å². The molecule has 3 heteroatoms. The van der Waals surface area contributed by atoms with Gasteiger partial charge in [-0.15, -0.1) is 0 Å². The molecule has 0 aromatic heterocycles. The molecular weight excluding hydrogens is 212 g/mol. The molecule has 1 saturated heterocycles. The lowest BCUT2D eigenvalue weighted by atomic mass is 10.0. The summed E-state index contributed by atoms with van der Waals surface area (Å²) >= 11 is 0. The molecule has 1 rings (SSSR count). The maximum atomic E-state index is 5.28. The lowest BCUT2D eigenvalue weighted by Crippen LogP contribution is -2.45. The Morgan fingerprint density at radius 2 is 2.00 bits per heavy atom. The lowest BCUT2D eigenvalue weighted by molar-refractivity contribution is 0.0740. The van der Waals surface area contributed by atoms with Crippen molar-refractivity contribution in [3.05, 3.63) is 0 Å². The third-order valence-electron chi connectivity index (χ3n) is 3.98. The SMILES string of the molecule is CCC(CC)N(CCOC)C1CCCNCC1. The summed E-state index contributed by atoms with van der Waals surface area (Å²) in [5.74, 6) is 0. The van der Waals surface area contributed by atoms with E-state index in [1.807, 2.05) is 0 Å². The molecule has 1 heterocycles. The molecule has 0 saturated carbocycles. The maximum Gasteiger partial charge on any atom is 0.0589 e. The molecule has 1 atom stereocenters. The van der Waals surface area contributed by atoms with Gasteiger partial charge in [-0.05, 0) is 45.2 Å². The third-order valence-corrected chi connectivity index (χ3v) is 3.98. The van der Waals surface area contributed by atoms with Crippen molar-refractivity contribution in [2.75, 3.05) is 33.4 Å². The predicted octanol–water partition coefficient (Wildman–Crippen LogP) is 2.27. The minimum absolute atomic E-state index is 0.730. The van der Waals surface area contributed by atoms with E-state index in [1.54, 1.807) is 7.11 Å². The van der Waals surface area contributed by atoms with Gasteiger partial charge in [-0.2, -0.15) is 0 Å². The molecule has 0 aromatic rings. The van der Waals surface area contributed by atoms with Crippen LogP contribution in [0, 0.1) is 0 Å². The second kappa shape index (κ2) is 8.90. The van der Waals surface area contributed by atoms with Crippen molar-refractivity contribution in [1.29, 1.82) is 0 Å². The van der Waals surface area contributed by atoms with E-state index >= 15 is 0 Å². The zero-order valence-corrected chi connectivity index (χ0v) is 11.9. The summed E-state index contributed by atoms with van der Waals surface area (Å²) in [5.41, 5.74) is 0. The molecule has 1 aliphatic heterocycles. The molecule has 1 N–H and O–H groups in total. The van der Waals surface area contributed by atoms with Crippen LogP contribution in [0.3, 0.4) is 0 Å². The van der Waals surface area contributed by atoms with Crippen LogP contribution < -0.4 is 5.32 Å². The third kappa shape index (κ3) is 4.94. The molecular formula is C14H30N2O. The fourth-order valence-corrected chi connectivity index (χ4v) is 2.95. The molecule has 1 unspecified atom stereocenters. The molecule has 1 aliphatic rings. The van der Waals surface area contributed by atoms with Crippen LogP contribution in [0.25, 0.3) is 0 Å². The summed E-state index contributed by atoms with van der Waals surface area (Å²) in [6.45, 7) is 8.94. The first kappa shape index (κ1) is 14.9. The Hall–Kier alpha value is -0.120. The van der Waals surface area contributed by atoms with E-state index in [1.165, 1.54) is 45.2 Å². The van der Waals surface area contributed by atoms with Crippen molar-refractivity contribution < 1.29 is 4.74 Å². The van der Waals surface area contributed by atoms with Gasteiger partial charge in [0, 0.05) is 25.7 Å². The molecule has 3 nitrogen and oxygen atoms in total. The van der Waals surface area contributed by atoms with Crippen molar-refractivity contribution in [2.45, 2.75) is 58.0 Å². The Labute approximate surface area is 107 Å². The Balaban J connectivity index is 2.58. The van der Waals surface area contributed by atoms with E-state index in [0.29, 0.717) is 0 Å². The van der Waals surface area contributed by atoms with Crippen molar-refractivity contribution in [3.63, 3.8) is 0 Å².